The number of para-hydroxylation sites is 2. The predicted molar refractivity (Wildman–Crippen MR) is 547 cm³/mol. The summed E-state index contributed by atoms with van der Waals surface area (Å²) in [5.41, 5.74) is 37.3. The second kappa shape index (κ2) is 45.6. The van der Waals surface area contributed by atoms with E-state index in [-0.39, 0.29) is 16.2 Å². The van der Waals surface area contributed by atoms with Crippen LogP contribution in [-0.2, 0) is 16.2 Å². The first-order valence-corrected chi connectivity index (χ1v) is 51.3. The molecule has 14 rings (SSSR count). The highest BCUT2D eigenvalue weighted by Gasteiger charge is 2.47. The number of hydrogen-bond donors (Lipinski definition) is 0. The van der Waals surface area contributed by atoms with Crippen molar-refractivity contribution in [3.8, 4) is 66.8 Å². The van der Waals surface area contributed by atoms with Gasteiger partial charge in [0.2, 0.25) is 0 Å². The van der Waals surface area contributed by atoms with Gasteiger partial charge in [-0.05, 0) is 273 Å². The van der Waals surface area contributed by atoms with E-state index in [1.54, 1.807) is 22.3 Å². The van der Waals surface area contributed by atoms with E-state index in [2.05, 4.69) is 316 Å². The lowest BCUT2D eigenvalue weighted by molar-refractivity contribution is 0.397. The summed E-state index contributed by atoms with van der Waals surface area (Å²) in [6, 6.07) is 94.9. The first-order valence-electron chi connectivity index (χ1n) is 51.3. The molecule has 1 unspecified atom stereocenters. The summed E-state index contributed by atoms with van der Waals surface area (Å²) in [4.78, 5) is 5.16. The van der Waals surface area contributed by atoms with Crippen molar-refractivity contribution in [2.24, 2.45) is 0 Å². The van der Waals surface area contributed by atoms with Gasteiger partial charge in [0.25, 0.3) is 0 Å². The van der Waals surface area contributed by atoms with Gasteiger partial charge in [-0.25, -0.2) is 0 Å². The van der Waals surface area contributed by atoms with Crippen LogP contribution in [0.25, 0.3) is 66.8 Å². The first kappa shape index (κ1) is 92.2. The molecule has 0 saturated carbocycles. The maximum Gasteiger partial charge on any atom is 0.0465 e. The Morgan fingerprint density at radius 2 is 0.472 bits per heavy atom. The number of anilines is 6. The molecule has 1 atom stereocenters. The normalized spacial score (nSPS) is 13.8. The van der Waals surface area contributed by atoms with Gasteiger partial charge in [0.15, 0.2) is 0 Å². The van der Waals surface area contributed by atoms with E-state index in [9.17, 15) is 0 Å². The molecule has 3 aliphatic carbocycles. The molecule has 11 aromatic carbocycles. The molecule has 0 bridgehead atoms. The minimum absolute atomic E-state index is 0.00717. The van der Waals surface area contributed by atoms with Gasteiger partial charge in [-0.15, -0.1) is 0 Å². The highest BCUT2D eigenvalue weighted by Crippen LogP contribution is 2.61. The Balaban J connectivity index is 0.839. The third kappa shape index (κ3) is 21.2. The van der Waals surface area contributed by atoms with Crippen LogP contribution in [0.4, 0.5) is 34.1 Å². The predicted octanol–water partition coefficient (Wildman–Crippen LogP) is 39.1. The molecule has 0 fully saturated rings. The maximum atomic E-state index is 2.71. The van der Waals surface area contributed by atoms with Crippen molar-refractivity contribution in [3.63, 3.8) is 0 Å². The Morgan fingerprint density at radius 1 is 0.208 bits per heavy atom. The van der Waals surface area contributed by atoms with Gasteiger partial charge in [0.1, 0.15) is 0 Å². The highest BCUT2D eigenvalue weighted by atomic mass is 15.1. The molecule has 0 heterocycles. The summed E-state index contributed by atoms with van der Waals surface area (Å²) in [6.45, 7) is 23.7. The van der Waals surface area contributed by atoms with E-state index < -0.39 is 0 Å². The van der Waals surface area contributed by atoms with Crippen LogP contribution in [-0.4, -0.2) is 0 Å². The van der Waals surface area contributed by atoms with Crippen LogP contribution in [0.3, 0.4) is 0 Å². The zero-order valence-corrected chi connectivity index (χ0v) is 79.4. The molecule has 0 saturated heterocycles. The molecule has 2 heteroatoms. The number of rotatable bonds is 53. The zero-order chi connectivity index (χ0) is 86.8. The van der Waals surface area contributed by atoms with E-state index in [0.717, 1.165) is 19.3 Å². The molecule has 0 radical (unpaired) electrons. The Labute approximate surface area is 759 Å². The summed E-state index contributed by atoms with van der Waals surface area (Å²) in [5, 5.41) is 0. The lowest BCUT2D eigenvalue weighted by Crippen LogP contribution is -2.26. The number of nitrogens with zero attached hydrogens (tertiary/aromatic N) is 2. The van der Waals surface area contributed by atoms with Gasteiger partial charge >= 0.3 is 0 Å². The molecule has 0 amide bonds. The average Bonchev–Trinajstić information content (AvgIpc) is 1.56. The standard InChI is InChI=1S/C123H156N2/c1-11-18-24-30-36-51-79-121(80-52-37-31-25-19-12-2)115-87-99(93(8)17-7)67-75-107(115)108-76-68-100(88-116(108)121)96-63-69-103(70-64-96)124(101-59-47-43-48-60-101)105-73-77-109-110-78-74-106(90-118(110)122(117(109)89-105,81-53-38-32-26-20-13-3)82-54-39-33-27-21-14-4)125(102-61-49-44-50-62-102)104-71-65-98(66-72-104)112-92-120-114(86-95(112)10)113-85-94(9)111(97-57-45-42-46-58-97)91-119(113)123(120,83-55-40-34-28-22-15-5)84-56-41-35-29-23-16-6/h42-50,57-78,85-93H,11-41,51-56,79-84H2,1-10H3. The Morgan fingerprint density at radius 3 is 0.824 bits per heavy atom. The average molecular weight is 1660 g/mol. The van der Waals surface area contributed by atoms with Crippen molar-refractivity contribution in [3.05, 3.63) is 287 Å². The van der Waals surface area contributed by atoms with Gasteiger partial charge in [-0.1, -0.05) is 432 Å². The SMILES string of the molecule is CCCCCCCCC1(CCCCCCCC)c2cc(-c3ccc(N(c4ccccc4)c4ccc5c(c4)C(CCCCCCCC)(CCCCCCCC)c4cc(N(c6ccccc6)c6ccc(-c7cc8c(cc7C)-c7cc(C)c(-c9ccccc9)cc7C8(CCCCCCCC)CCCCCCCC)cc6)ccc4-5)cc3)ccc2-c2ccc(C(C)CC)cc21. The van der Waals surface area contributed by atoms with Crippen molar-refractivity contribution in [2.45, 2.75) is 367 Å². The third-order valence-corrected chi connectivity index (χ3v) is 30.2. The molecule has 0 spiro atoms. The van der Waals surface area contributed by atoms with Gasteiger partial charge in [-0.3, -0.25) is 0 Å². The number of hydrogen-bond acceptors (Lipinski definition) is 2. The highest BCUT2D eigenvalue weighted by molar-refractivity contribution is 5.92. The van der Waals surface area contributed by atoms with Crippen LogP contribution in [0.2, 0.25) is 0 Å². The van der Waals surface area contributed by atoms with Gasteiger partial charge in [0.05, 0.1) is 0 Å². The molecular weight excluding hydrogens is 1510 g/mol. The lowest BCUT2D eigenvalue weighted by atomic mass is 9.69. The molecule has 0 aliphatic heterocycles. The quantitative estimate of drug-likeness (QED) is 0.0351. The fourth-order valence-corrected chi connectivity index (χ4v) is 22.9. The second-order valence-electron chi connectivity index (χ2n) is 38.9. The van der Waals surface area contributed by atoms with Crippen LogP contribution in [0.1, 0.15) is 387 Å². The summed E-state index contributed by atoms with van der Waals surface area (Å²) >= 11 is 0. The molecule has 3 aliphatic rings. The molecule has 0 aromatic heterocycles. The van der Waals surface area contributed by atoms with Crippen LogP contribution in [0, 0.1) is 13.8 Å². The second-order valence-corrected chi connectivity index (χ2v) is 38.9. The Hall–Kier alpha value is -8.98. The van der Waals surface area contributed by atoms with E-state index in [0.29, 0.717) is 5.92 Å². The largest absolute Gasteiger partial charge is 0.310 e. The number of fused-ring (bicyclic) bond motifs is 9. The fraction of sp³-hybridized carbons (Fsp3) is 0.463. The minimum atomic E-state index is -0.196. The molecule has 125 heavy (non-hydrogen) atoms. The zero-order valence-electron chi connectivity index (χ0n) is 79.4. The van der Waals surface area contributed by atoms with Crippen molar-refractivity contribution in [2.75, 3.05) is 9.80 Å². The Kier molecular flexibility index (Phi) is 33.7. The first-order chi connectivity index (χ1) is 61.5. The van der Waals surface area contributed by atoms with Gasteiger partial charge in [-0.2, -0.15) is 0 Å². The maximum absolute atomic E-state index is 2.71. The molecule has 0 N–H and O–H groups in total. The van der Waals surface area contributed by atoms with Gasteiger partial charge in [0, 0.05) is 50.4 Å². The van der Waals surface area contributed by atoms with Crippen molar-refractivity contribution >= 4 is 34.1 Å². The van der Waals surface area contributed by atoms with E-state index in [4.69, 9.17) is 0 Å². The van der Waals surface area contributed by atoms with E-state index in [1.807, 2.05) is 0 Å². The van der Waals surface area contributed by atoms with E-state index in [1.165, 1.54) is 386 Å². The smallest absolute Gasteiger partial charge is 0.0465 e. The number of unbranched alkanes of at least 4 members (excludes halogenated alkanes) is 30. The van der Waals surface area contributed by atoms with Crippen LogP contribution < -0.4 is 9.80 Å². The molecular formula is C123H156N2. The summed E-state index contributed by atoms with van der Waals surface area (Å²) in [7, 11) is 0. The third-order valence-electron chi connectivity index (χ3n) is 30.2. The summed E-state index contributed by atoms with van der Waals surface area (Å²) < 4.78 is 0. The fourth-order valence-electron chi connectivity index (χ4n) is 22.9. The molecule has 658 valence electrons. The van der Waals surface area contributed by atoms with Crippen LogP contribution in [0.15, 0.2) is 237 Å². The Bertz CT molecular complexity index is 5110. The molecule has 2 nitrogen and oxygen atoms in total. The van der Waals surface area contributed by atoms with E-state index >= 15 is 0 Å². The van der Waals surface area contributed by atoms with Crippen LogP contribution in [0.5, 0.6) is 0 Å². The number of aryl methyl sites for hydroxylation is 2. The topological polar surface area (TPSA) is 6.48 Å². The van der Waals surface area contributed by atoms with Crippen molar-refractivity contribution in [1.82, 2.24) is 0 Å². The lowest BCUT2D eigenvalue weighted by Gasteiger charge is -2.35. The molecule has 11 aromatic rings. The van der Waals surface area contributed by atoms with Crippen LogP contribution >= 0.6 is 0 Å². The minimum Gasteiger partial charge on any atom is -0.310 e. The van der Waals surface area contributed by atoms with Crippen molar-refractivity contribution < 1.29 is 0 Å². The van der Waals surface area contributed by atoms with Crippen molar-refractivity contribution in [1.29, 1.82) is 0 Å². The monoisotopic (exact) mass is 1660 g/mol. The summed E-state index contributed by atoms with van der Waals surface area (Å²) in [5.74, 6) is 0.538. The van der Waals surface area contributed by atoms with Gasteiger partial charge < -0.3 is 9.80 Å². The number of benzene rings is 11. The summed E-state index contributed by atoms with van der Waals surface area (Å²) in [6.07, 6.45) is 55.1.